The second kappa shape index (κ2) is 10.3. The summed E-state index contributed by atoms with van der Waals surface area (Å²) < 4.78 is 12.6. The zero-order valence-electron chi connectivity index (χ0n) is 23.9. The Hall–Kier alpha value is -4.33. The molecule has 0 radical (unpaired) electrons. The van der Waals surface area contributed by atoms with Gasteiger partial charge in [0.05, 0.1) is 11.2 Å². The molecular weight excluding hydrogens is 509 g/mol. The second-order valence-electron chi connectivity index (χ2n) is 11.4. The molecule has 0 atom stereocenters. The van der Waals surface area contributed by atoms with Gasteiger partial charge in [0.2, 0.25) is 0 Å². The molecule has 0 bridgehead atoms. The standard InChI is InChI=1S/C34H32BN3O3/c1-33(2,39)34(3,4)41-35(5)24-19-20-27-26(21-24)29-25(17-12-18-28(29)40-27)32-37-30(22-13-8-6-9-14-22)36-31(38-32)23-15-10-7-11-16-23/h6-21,39H,1-5H3. The number of hydrogen-bond donors (Lipinski definition) is 1. The van der Waals surface area contributed by atoms with Gasteiger partial charge in [0.15, 0.2) is 17.5 Å². The Balaban J connectivity index is 1.52. The van der Waals surface area contributed by atoms with E-state index < -0.39 is 11.2 Å². The molecule has 2 aromatic heterocycles. The fourth-order valence-electron chi connectivity index (χ4n) is 4.87. The number of benzene rings is 4. The molecule has 0 spiro atoms. The highest BCUT2D eigenvalue weighted by molar-refractivity contribution is 6.66. The lowest BCUT2D eigenvalue weighted by Crippen LogP contribution is -2.52. The maximum Gasteiger partial charge on any atom is 0.324 e. The minimum absolute atomic E-state index is 0.260. The van der Waals surface area contributed by atoms with Crippen molar-refractivity contribution in [2.45, 2.75) is 45.7 Å². The van der Waals surface area contributed by atoms with Gasteiger partial charge in [-0.2, -0.15) is 0 Å². The van der Waals surface area contributed by atoms with Crippen molar-refractivity contribution in [3.63, 3.8) is 0 Å². The van der Waals surface area contributed by atoms with Gasteiger partial charge >= 0.3 is 6.92 Å². The van der Waals surface area contributed by atoms with E-state index >= 15 is 0 Å². The highest BCUT2D eigenvalue weighted by Gasteiger charge is 2.38. The maximum atomic E-state index is 10.6. The van der Waals surface area contributed by atoms with Gasteiger partial charge in [0, 0.05) is 27.5 Å². The largest absolute Gasteiger partial charge is 0.456 e. The predicted octanol–water partition coefficient (Wildman–Crippen LogP) is 7.17. The van der Waals surface area contributed by atoms with E-state index in [2.05, 4.69) is 6.07 Å². The van der Waals surface area contributed by atoms with Crippen LogP contribution in [0.15, 0.2) is 101 Å². The third-order valence-corrected chi connectivity index (χ3v) is 7.87. The SMILES string of the molecule is CB(OC(C)(C)C(C)(C)O)c1ccc2oc3cccc(-c4nc(-c5ccccc5)nc(-c5ccccc5)n4)c3c2c1. The molecule has 0 aliphatic carbocycles. The monoisotopic (exact) mass is 541 g/mol. The van der Waals surface area contributed by atoms with Crippen LogP contribution in [0, 0.1) is 0 Å². The molecular formula is C34H32BN3O3. The Morgan fingerprint density at radius 3 is 1.85 bits per heavy atom. The number of aromatic nitrogens is 3. The summed E-state index contributed by atoms with van der Waals surface area (Å²) in [6, 6.07) is 32.0. The van der Waals surface area contributed by atoms with Gasteiger partial charge in [0.1, 0.15) is 11.2 Å². The van der Waals surface area contributed by atoms with Gasteiger partial charge in [-0.3, -0.25) is 0 Å². The van der Waals surface area contributed by atoms with E-state index in [1.807, 2.05) is 112 Å². The summed E-state index contributed by atoms with van der Waals surface area (Å²) in [7, 11) is 0. The molecule has 6 nitrogen and oxygen atoms in total. The van der Waals surface area contributed by atoms with Crippen molar-refractivity contribution in [2.24, 2.45) is 0 Å². The van der Waals surface area contributed by atoms with Crippen LogP contribution < -0.4 is 5.46 Å². The van der Waals surface area contributed by atoms with Crippen LogP contribution >= 0.6 is 0 Å². The predicted molar refractivity (Wildman–Crippen MR) is 166 cm³/mol. The van der Waals surface area contributed by atoms with Gasteiger partial charge in [-0.25, -0.2) is 15.0 Å². The first-order valence-electron chi connectivity index (χ1n) is 13.8. The molecule has 2 heterocycles. The molecule has 0 amide bonds. The zero-order chi connectivity index (χ0) is 28.8. The average Bonchev–Trinajstić information content (AvgIpc) is 3.35. The topological polar surface area (TPSA) is 81.3 Å². The fraction of sp³-hybridized carbons (Fsp3) is 0.206. The Morgan fingerprint density at radius 2 is 1.27 bits per heavy atom. The molecule has 0 saturated carbocycles. The van der Waals surface area contributed by atoms with Crippen LogP contribution in [0.1, 0.15) is 27.7 Å². The third kappa shape index (κ3) is 5.14. The minimum atomic E-state index is -1.01. The first-order valence-corrected chi connectivity index (χ1v) is 13.8. The van der Waals surface area contributed by atoms with Crippen molar-refractivity contribution in [1.29, 1.82) is 0 Å². The molecule has 4 aromatic carbocycles. The molecule has 7 heteroatoms. The summed E-state index contributed by atoms with van der Waals surface area (Å²) >= 11 is 0. The molecule has 6 rings (SSSR count). The van der Waals surface area contributed by atoms with Gasteiger partial charge in [0.25, 0.3) is 0 Å². The third-order valence-electron chi connectivity index (χ3n) is 7.87. The lowest BCUT2D eigenvalue weighted by atomic mass is 9.62. The highest BCUT2D eigenvalue weighted by atomic mass is 16.5. The summed E-state index contributed by atoms with van der Waals surface area (Å²) in [6.07, 6.45) is 0. The molecule has 0 aliphatic heterocycles. The van der Waals surface area contributed by atoms with Crippen LogP contribution in [0.3, 0.4) is 0 Å². The van der Waals surface area contributed by atoms with Crippen molar-refractivity contribution < 1.29 is 14.2 Å². The molecule has 41 heavy (non-hydrogen) atoms. The van der Waals surface area contributed by atoms with E-state index in [9.17, 15) is 5.11 Å². The summed E-state index contributed by atoms with van der Waals surface area (Å²) in [5.74, 6) is 1.79. The summed E-state index contributed by atoms with van der Waals surface area (Å²) in [6.45, 7) is 9.08. The van der Waals surface area contributed by atoms with Gasteiger partial charge in [-0.15, -0.1) is 0 Å². The summed E-state index contributed by atoms with van der Waals surface area (Å²) in [5, 5.41) is 12.5. The summed E-state index contributed by atoms with van der Waals surface area (Å²) in [5.41, 5.74) is 3.44. The molecule has 6 aromatic rings. The summed E-state index contributed by atoms with van der Waals surface area (Å²) in [4.78, 5) is 14.7. The Labute approximate surface area is 240 Å². The smallest absolute Gasteiger partial charge is 0.324 e. The molecule has 0 unspecified atom stereocenters. The van der Waals surface area contributed by atoms with Crippen molar-refractivity contribution in [3.05, 3.63) is 97.1 Å². The Kier molecular flexibility index (Phi) is 6.72. The van der Waals surface area contributed by atoms with E-state index in [0.717, 1.165) is 44.1 Å². The normalized spacial score (nSPS) is 12.2. The van der Waals surface area contributed by atoms with Gasteiger partial charge < -0.3 is 14.2 Å². The quantitative estimate of drug-likeness (QED) is 0.216. The number of aliphatic hydroxyl groups is 1. The van der Waals surface area contributed by atoms with E-state index in [1.54, 1.807) is 13.8 Å². The van der Waals surface area contributed by atoms with Crippen molar-refractivity contribution >= 4 is 34.3 Å². The Morgan fingerprint density at radius 1 is 0.683 bits per heavy atom. The lowest BCUT2D eigenvalue weighted by Gasteiger charge is -2.39. The van der Waals surface area contributed by atoms with E-state index in [0.29, 0.717) is 17.5 Å². The van der Waals surface area contributed by atoms with Crippen LogP contribution in [0.2, 0.25) is 6.82 Å². The molecule has 0 aliphatic rings. The van der Waals surface area contributed by atoms with Crippen molar-refractivity contribution in [3.8, 4) is 34.2 Å². The average molecular weight is 541 g/mol. The number of nitrogens with zero attached hydrogens (tertiary/aromatic N) is 3. The zero-order valence-corrected chi connectivity index (χ0v) is 23.9. The molecule has 0 fully saturated rings. The molecule has 204 valence electrons. The number of rotatable bonds is 7. The first-order chi connectivity index (χ1) is 19.6. The highest BCUT2D eigenvalue weighted by Crippen LogP contribution is 2.36. The Bertz CT molecular complexity index is 1790. The van der Waals surface area contributed by atoms with Gasteiger partial charge in [-0.1, -0.05) is 91.8 Å². The van der Waals surface area contributed by atoms with Crippen LogP contribution in [-0.2, 0) is 4.65 Å². The van der Waals surface area contributed by atoms with Crippen molar-refractivity contribution in [1.82, 2.24) is 15.0 Å². The minimum Gasteiger partial charge on any atom is -0.456 e. The van der Waals surface area contributed by atoms with Crippen LogP contribution in [0.25, 0.3) is 56.1 Å². The molecule has 0 saturated heterocycles. The van der Waals surface area contributed by atoms with E-state index in [4.69, 9.17) is 24.0 Å². The van der Waals surface area contributed by atoms with Crippen LogP contribution in [-0.4, -0.2) is 38.2 Å². The second-order valence-corrected chi connectivity index (χ2v) is 11.4. The first kappa shape index (κ1) is 26.9. The maximum absolute atomic E-state index is 10.6. The molecule has 1 N–H and O–H groups in total. The van der Waals surface area contributed by atoms with Gasteiger partial charge in [-0.05, 0) is 45.3 Å². The van der Waals surface area contributed by atoms with Crippen LogP contribution in [0.4, 0.5) is 0 Å². The number of hydrogen-bond acceptors (Lipinski definition) is 6. The van der Waals surface area contributed by atoms with E-state index in [-0.39, 0.29) is 6.92 Å². The fourth-order valence-corrected chi connectivity index (χ4v) is 4.87. The van der Waals surface area contributed by atoms with E-state index in [1.165, 1.54) is 0 Å². The van der Waals surface area contributed by atoms with Crippen molar-refractivity contribution in [2.75, 3.05) is 0 Å². The number of furan rings is 1. The lowest BCUT2D eigenvalue weighted by molar-refractivity contribution is -0.0918. The van der Waals surface area contributed by atoms with Crippen LogP contribution in [0.5, 0.6) is 0 Å². The number of fused-ring (bicyclic) bond motifs is 3.